The lowest BCUT2D eigenvalue weighted by molar-refractivity contribution is -0.151. The summed E-state index contributed by atoms with van der Waals surface area (Å²) in [5, 5.41) is 0. The molecule has 7 heteroatoms. The summed E-state index contributed by atoms with van der Waals surface area (Å²) in [5.41, 5.74) is 1.83. The molecular formula is C24H27NO6. The number of carbonyl (C=O) groups is 2. The molecule has 2 aromatic rings. The van der Waals surface area contributed by atoms with Gasteiger partial charge in [0.2, 0.25) is 0 Å². The van der Waals surface area contributed by atoms with Crippen LogP contribution < -0.4 is 4.74 Å². The minimum absolute atomic E-state index is 0.190. The van der Waals surface area contributed by atoms with E-state index in [-0.39, 0.29) is 19.3 Å². The van der Waals surface area contributed by atoms with Crippen LogP contribution in [0.3, 0.4) is 0 Å². The molecule has 0 N–H and O–H groups in total. The average Bonchev–Trinajstić information content (AvgIpc) is 3.58. The summed E-state index contributed by atoms with van der Waals surface area (Å²) in [6.45, 7) is 6.01. The van der Waals surface area contributed by atoms with Crippen LogP contribution in [0.2, 0.25) is 0 Å². The van der Waals surface area contributed by atoms with Gasteiger partial charge in [-0.3, -0.25) is 9.69 Å². The van der Waals surface area contributed by atoms with Crippen molar-refractivity contribution in [3.63, 3.8) is 0 Å². The molecular weight excluding hydrogens is 398 g/mol. The molecule has 1 fully saturated rings. The number of hydrogen-bond donors (Lipinski definition) is 0. The van der Waals surface area contributed by atoms with Crippen molar-refractivity contribution in [2.45, 2.75) is 38.4 Å². The lowest BCUT2D eigenvalue weighted by atomic mass is 10.1. The van der Waals surface area contributed by atoms with Crippen molar-refractivity contribution in [2.24, 2.45) is 0 Å². The van der Waals surface area contributed by atoms with E-state index in [0.29, 0.717) is 6.54 Å². The number of amides is 1. The predicted octanol–water partition coefficient (Wildman–Crippen LogP) is 3.72. The Labute approximate surface area is 182 Å². The molecule has 0 saturated carbocycles. The molecule has 1 aliphatic heterocycles. The first-order valence-corrected chi connectivity index (χ1v) is 10.0. The highest BCUT2D eigenvalue weighted by Gasteiger charge is 2.49. The molecule has 0 bridgehead atoms. The second-order valence-corrected chi connectivity index (χ2v) is 7.19. The first-order chi connectivity index (χ1) is 15.0. The highest BCUT2D eigenvalue weighted by Crippen LogP contribution is 2.29. The SMILES string of the molecule is C=C[C@@H](OC(C)=O)[C@H](OCc1ccc(OC)cc1)[C@@H]1CN1C(=O)OCc1ccccc1. The van der Waals surface area contributed by atoms with Crippen LogP contribution in [-0.2, 0) is 32.2 Å². The Kier molecular flexibility index (Phi) is 7.67. The third-order valence-electron chi connectivity index (χ3n) is 4.93. The summed E-state index contributed by atoms with van der Waals surface area (Å²) in [7, 11) is 1.61. The molecule has 1 aliphatic rings. The molecule has 2 aromatic carbocycles. The molecule has 3 rings (SSSR count). The van der Waals surface area contributed by atoms with Gasteiger partial charge in [0.05, 0.1) is 19.8 Å². The van der Waals surface area contributed by atoms with Crippen molar-refractivity contribution in [1.29, 1.82) is 0 Å². The maximum Gasteiger partial charge on any atom is 0.410 e. The topological polar surface area (TPSA) is 74.1 Å². The molecule has 1 amide bonds. The average molecular weight is 425 g/mol. The second kappa shape index (κ2) is 10.6. The van der Waals surface area contributed by atoms with Crippen LogP contribution in [0.25, 0.3) is 0 Å². The van der Waals surface area contributed by atoms with Gasteiger partial charge in [0.15, 0.2) is 0 Å². The van der Waals surface area contributed by atoms with Crippen LogP contribution in [0.5, 0.6) is 5.75 Å². The third kappa shape index (κ3) is 6.33. The maximum absolute atomic E-state index is 12.5. The van der Waals surface area contributed by atoms with E-state index in [4.69, 9.17) is 18.9 Å². The van der Waals surface area contributed by atoms with Gasteiger partial charge in [-0.2, -0.15) is 0 Å². The van der Waals surface area contributed by atoms with Crippen molar-refractivity contribution >= 4 is 12.1 Å². The van der Waals surface area contributed by atoms with Gasteiger partial charge in [0.25, 0.3) is 0 Å². The summed E-state index contributed by atoms with van der Waals surface area (Å²) in [4.78, 5) is 25.6. The van der Waals surface area contributed by atoms with E-state index in [0.717, 1.165) is 16.9 Å². The second-order valence-electron chi connectivity index (χ2n) is 7.19. The van der Waals surface area contributed by atoms with Crippen LogP contribution in [0.15, 0.2) is 67.3 Å². The van der Waals surface area contributed by atoms with Crippen LogP contribution in [-0.4, -0.2) is 48.9 Å². The molecule has 0 unspecified atom stereocenters. The van der Waals surface area contributed by atoms with Gasteiger partial charge in [0.1, 0.15) is 24.6 Å². The Hall–Kier alpha value is -3.32. The van der Waals surface area contributed by atoms with E-state index in [1.54, 1.807) is 12.0 Å². The standard InChI is InChI=1S/C24H27NO6/c1-4-22(31-17(2)26)23(29-15-19-10-12-20(28-3)13-11-19)21-14-25(21)24(27)30-16-18-8-6-5-7-9-18/h4-13,21-23H,1,14-16H2,2-3H3/t21-,22+,23+,25?/m0/s1. The van der Waals surface area contributed by atoms with E-state index in [9.17, 15) is 9.59 Å². The van der Waals surface area contributed by atoms with Gasteiger partial charge in [-0.05, 0) is 29.3 Å². The molecule has 0 aromatic heterocycles. The summed E-state index contributed by atoms with van der Waals surface area (Å²) < 4.78 is 22.0. The number of rotatable bonds is 10. The summed E-state index contributed by atoms with van der Waals surface area (Å²) in [6, 6.07) is 16.7. The highest BCUT2D eigenvalue weighted by molar-refractivity contribution is 5.71. The number of methoxy groups -OCH3 is 1. The Morgan fingerprint density at radius 1 is 1.10 bits per heavy atom. The number of nitrogens with zero attached hydrogens (tertiary/aromatic N) is 1. The summed E-state index contributed by atoms with van der Waals surface area (Å²) in [6.07, 6.45) is -0.163. The van der Waals surface area contributed by atoms with E-state index in [1.807, 2.05) is 54.6 Å². The van der Waals surface area contributed by atoms with Gasteiger partial charge in [-0.1, -0.05) is 49.0 Å². The molecule has 1 saturated heterocycles. The largest absolute Gasteiger partial charge is 0.497 e. The number of ether oxygens (including phenoxy) is 4. The zero-order chi connectivity index (χ0) is 22.2. The van der Waals surface area contributed by atoms with Gasteiger partial charge < -0.3 is 18.9 Å². The quantitative estimate of drug-likeness (QED) is 0.328. The van der Waals surface area contributed by atoms with Crippen LogP contribution in [0, 0.1) is 0 Å². The monoisotopic (exact) mass is 425 g/mol. The van der Waals surface area contributed by atoms with Gasteiger partial charge in [0, 0.05) is 13.5 Å². The molecule has 3 atom stereocenters. The normalized spacial score (nSPS) is 16.7. The Bertz CT molecular complexity index is 883. The molecule has 1 heterocycles. The lowest BCUT2D eigenvalue weighted by Gasteiger charge is -2.24. The fraction of sp³-hybridized carbons (Fsp3) is 0.333. The smallest absolute Gasteiger partial charge is 0.410 e. The van der Waals surface area contributed by atoms with E-state index >= 15 is 0 Å². The number of hydrogen-bond acceptors (Lipinski definition) is 6. The van der Waals surface area contributed by atoms with Crippen molar-refractivity contribution < 1.29 is 28.5 Å². The Morgan fingerprint density at radius 2 is 1.77 bits per heavy atom. The van der Waals surface area contributed by atoms with E-state index in [1.165, 1.54) is 13.0 Å². The fourth-order valence-electron chi connectivity index (χ4n) is 3.23. The minimum Gasteiger partial charge on any atom is -0.497 e. The number of benzene rings is 2. The van der Waals surface area contributed by atoms with Gasteiger partial charge in [-0.25, -0.2) is 4.79 Å². The molecule has 0 radical (unpaired) electrons. The van der Waals surface area contributed by atoms with E-state index < -0.39 is 24.3 Å². The maximum atomic E-state index is 12.5. The van der Waals surface area contributed by atoms with Gasteiger partial charge in [-0.15, -0.1) is 0 Å². The summed E-state index contributed by atoms with van der Waals surface area (Å²) >= 11 is 0. The third-order valence-corrected chi connectivity index (χ3v) is 4.93. The zero-order valence-corrected chi connectivity index (χ0v) is 17.7. The van der Waals surface area contributed by atoms with Crippen molar-refractivity contribution in [3.05, 3.63) is 78.4 Å². The number of carbonyl (C=O) groups excluding carboxylic acids is 2. The van der Waals surface area contributed by atoms with Gasteiger partial charge >= 0.3 is 12.1 Å². The van der Waals surface area contributed by atoms with Crippen molar-refractivity contribution in [3.8, 4) is 5.75 Å². The predicted molar refractivity (Wildman–Crippen MR) is 114 cm³/mol. The lowest BCUT2D eigenvalue weighted by Crippen LogP contribution is -2.38. The number of esters is 1. The van der Waals surface area contributed by atoms with E-state index in [2.05, 4.69) is 6.58 Å². The minimum atomic E-state index is -0.687. The zero-order valence-electron chi connectivity index (χ0n) is 17.7. The van der Waals surface area contributed by atoms with Crippen molar-refractivity contribution in [2.75, 3.05) is 13.7 Å². The summed E-state index contributed by atoms with van der Waals surface area (Å²) in [5.74, 6) is 0.306. The molecule has 0 aliphatic carbocycles. The molecule has 7 nitrogen and oxygen atoms in total. The first-order valence-electron chi connectivity index (χ1n) is 10.0. The Morgan fingerprint density at radius 3 is 2.39 bits per heavy atom. The molecule has 31 heavy (non-hydrogen) atoms. The molecule has 164 valence electrons. The van der Waals surface area contributed by atoms with Crippen LogP contribution in [0.1, 0.15) is 18.1 Å². The molecule has 0 spiro atoms. The first kappa shape index (κ1) is 22.4. The van der Waals surface area contributed by atoms with Crippen LogP contribution >= 0.6 is 0 Å². The highest BCUT2D eigenvalue weighted by atomic mass is 16.6. The van der Waals surface area contributed by atoms with Crippen molar-refractivity contribution in [1.82, 2.24) is 4.90 Å². The fourth-order valence-corrected chi connectivity index (χ4v) is 3.23. The Balaban J connectivity index is 1.62. The van der Waals surface area contributed by atoms with Crippen LogP contribution in [0.4, 0.5) is 4.79 Å².